The first kappa shape index (κ1) is 18.1. The van der Waals surface area contributed by atoms with Crippen LogP contribution in [0.15, 0.2) is 18.2 Å². The van der Waals surface area contributed by atoms with E-state index in [9.17, 15) is 18.8 Å². The molecule has 144 valence electrons. The molecule has 1 unspecified atom stereocenters. The van der Waals surface area contributed by atoms with Crippen molar-refractivity contribution in [2.45, 2.75) is 50.6 Å². The van der Waals surface area contributed by atoms with Gasteiger partial charge in [0.2, 0.25) is 11.8 Å². The molecule has 0 saturated carbocycles. The number of benzene rings is 1. The lowest BCUT2D eigenvalue weighted by Crippen LogP contribution is -2.52. The Morgan fingerprint density at radius 3 is 2.85 bits per heavy atom. The van der Waals surface area contributed by atoms with Crippen LogP contribution in [-0.2, 0) is 22.7 Å². The zero-order valence-corrected chi connectivity index (χ0v) is 15.0. The van der Waals surface area contributed by atoms with Crippen molar-refractivity contribution in [1.82, 2.24) is 20.9 Å². The van der Waals surface area contributed by atoms with E-state index in [1.165, 1.54) is 0 Å². The highest BCUT2D eigenvalue weighted by Crippen LogP contribution is 2.29. The molecule has 0 spiro atoms. The smallest absolute Gasteiger partial charge is 0.255 e. The number of rotatable bonds is 4. The van der Waals surface area contributed by atoms with Gasteiger partial charge in [-0.2, -0.15) is 0 Å². The molecule has 3 aliphatic rings. The predicted molar refractivity (Wildman–Crippen MR) is 95.5 cm³/mol. The third-order valence-electron chi connectivity index (χ3n) is 5.56. The van der Waals surface area contributed by atoms with Gasteiger partial charge in [0.25, 0.3) is 5.91 Å². The van der Waals surface area contributed by atoms with Crippen molar-refractivity contribution >= 4 is 17.7 Å². The molecule has 3 atom stereocenters. The molecule has 4 rings (SSSR count). The van der Waals surface area contributed by atoms with Crippen molar-refractivity contribution < 1.29 is 18.8 Å². The van der Waals surface area contributed by atoms with Crippen LogP contribution in [0.5, 0.6) is 0 Å². The number of amides is 3. The largest absolute Gasteiger partial charge is 0.322 e. The lowest BCUT2D eigenvalue weighted by atomic mass is 10.0. The van der Waals surface area contributed by atoms with Gasteiger partial charge in [0.1, 0.15) is 12.2 Å². The fraction of sp³-hybridized carbons (Fsp3) is 0.526. The highest BCUT2D eigenvalue weighted by molar-refractivity contribution is 6.05. The highest BCUT2D eigenvalue weighted by atomic mass is 19.1. The number of nitrogens with one attached hydrogen (secondary N) is 3. The minimum atomic E-state index is -0.845. The summed E-state index contributed by atoms with van der Waals surface area (Å²) in [4.78, 5) is 37.9. The van der Waals surface area contributed by atoms with E-state index in [2.05, 4.69) is 16.0 Å². The van der Waals surface area contributed by atoms with E-state index in [0.717, 1.165) is 17.7 Å². The Kier molecular flexibility index (Phi) is 4.92. The van der Waals surface area contributed by atoms with E-state index in [1.54, 1.807) is 11.0 Å². The molecule has 3 heterocycles. The van der Waals surface area contributed by atoms with Crippen LogP contribution in [0.1, 0.15) is 40.7 Å². The number of fused-ring (bicyclic) bond motifs is 1. The Balaban J connectivity index is 1.47. The SMILES string of the molecule is O=C1CCC(N2Cc3c(CN[C@@H]4CNC[C@@H](F)C4)cccc3C2=O)C(=O)N1. The van der Waals surface area contributed by atoms with Gasteiger partial charge in [0.05, 0.1) is 0 Å². The van der Waals surface area contributed by atoms with Crippen molar-refractivity contribution in [3.63, 3.8) is 0 Å². The van der Waals surface area contributed by atoms with Gasteiger partial charge in [0, 0.05) is 44.2 Å². The summed E-state index contributed by atoms with van der Waals surface area (Å²) in [7, 11) is 0. The van der Waals surface area contributed by atoms with Crippen LogP contribution >= 0.6 is 0 Å². The Morgan fingerprint density at radius 2 is 2.07 bits per heavy atom. The fourth-order valence-corrected chi connectivity index (χ4v) is 4.11. The maximum atomic E-state index is 13.5. The van der Waals surface area contributed by atoms with Gasteiger partial charge >= 0.3 is 0 Å². The molecule has 1 aromatic rings. The van der Waals surface area contributed by atoms with Gasteiger partial charge in [0.15, 0.2) is 0 Å². The molecule has 27 heavy (non-hydrogen) atoms. The molecule has 0 bridgehead atoms. The first-order valence-corrected chi connectivity index (χ1v) is 9.36. The first-order chi connectivity index (χ1) is 13.0. The molecule has 0 aliphatic carbocycles. The highest BCUT2D eigenvalue weighted by Gasteiger charge is 2.39. The zero-order chi connectivity index (χ0) is 19.0. The van der Waals surface area contributed by atoms with Crippen LogP contribution in [0.3, 0.4) is 0 Å². The van der Waals surface area contributed by atoms with Crippen LogP contribution < -0.4 is 16.0 Å². The lowest BCUT2D eigenvalue weighted by Gasteiger charge is -2.29. The topological polar surface area (TPSA) is 90.5 Å². The summed E-state index contributed by atoms with van der Waals surface area (Å²) >= 11 is 0. The summed E-state index contributed by atoms with van der Waals surface area (Å²) in [5.74, 6) is -0.878. The van der Waals surface area contributed by atoms with Gasteiger partial charge in [-0.15, -0.1) is 0 Å². The first-order valence-electron chi connectivity index (χ1n) is 9.36. The number of alkyl halides is 1. The number of piperidine rings is 2. The molecular weight excluding hydrogens is 351 g/mol. The minimum absolute atomic E-state index is 0.0490. The van der Waals surface area contributed by atoms with E-state index < -0.39 is 18.1 Å². The summed E-state index contributed by atoms with van der Waals surface area (Å²) < 4.78 is 13.5. The Hall–Kier alpha value is -2.32. The van der Waals surface area contributed by atoms with Crippen LogP contribution in [0.25, 0.3) is 0 Å². The summed E-state index contributed by atoms with van der Waals surface area (Å²) in [5.41, 5.74) is 2.49. The van der Waals surface area contributed by atoms with E-state index in [4.69, 9.17) is 0 Å². The lowest BCUT2D eigenvalue weighted by molar-refractivity contribution is -0.136. The summed E-state index contributed by atoms with van der Waals surface area (Å²) in [6.07, 6.45) is 0.221. The van der Waals surface area contributed by atoms with E-state index in [1.807, 2.05) is 12.1 Å². The van der Waals surface area contributed by atoms with Crippen LogP contribution in [0, 0.1) is 0 Å². The van der Waals surface area contributed by atoms with Crippen molar-refractivity contribution in [2.75, 3.05) is 13.1 Å². The van der Waals surface area contributed by atoms with Crippen LogP contribution in [-0.4, -0.2) is 54.0 Å². The molecule has 3 N–H and O–H groups in total. The number of carbonyl (C=O) groups is 3. The van der Waals surface area contributed by atoms with E-state index >= 15 is 0 Å². The van der Waals surface area contributed by atoms with Crippen molar-refractivity contribution in [3.8, 4) is 0 Å². The maximum absolute atomic E-state index is 13.5. The molecule has 1 aromatic carbocycles. The monoisotopic (exact) mass is 374 g/mol. The van der Waals surface area contributed by atoms with E-state index in [0.29, 0.717) is 38.0 Å². The second-order valence-corrected chi connectivity index (χ2v) is 7.41. The molecular formula is C19H23FN4O3. The molecule has 2 saturated heterocycles. The third-order valence-corrected chi connectivity index (χ3v) is 5.56. The molecule has 2 fully saturated rings. The molecule has 0 aromatic heterocycles. The van der Waals surface area contributed by atoms with Crippen molar-refractivity contribution in [3.05, 3.63) is 34.9 Å². The zero-order valence-electron chi connectivity index (χ0n) is 15.0. The molecule has 3 amide bonds. The molecule has 8 heteroatoms. The second-order valence-electron chi connectivity index (χ2n) is 7.41. The maximum Gasteiger partial charge on any atom is 0.255 e. The Bertz CT molecular complexity index is 784. The van der Waals surface area contributed by atoms with Crippen molar-refractivity contribution in [1.29, 1.82) is 0 Å². The van der Waals surface area contributed by atoms with Crippen LogP contribution in [0.4, 0.5) is 4.39 Å². The second kappa shape index (κ2) is 7.36. The summed E-state index contributed by atoms with van der Waals surface area (Å²) in [6, 6.07) is 4.99. The van der Waals surface area contributed by atoms with E-state index in [-0.39, 0.29) is 24.3 Å². The number of halogens is 1. The van der Waals surface area contributed by atoms with Gasteiger partial charge in [-0.3, -0.25) is 19.7 Å². The standard InChI is InChI=1S/C19H23FN4O3/c20-12-6-13(9-21-8-12)22-7-11-2-1-3-14-15(11)10-24(19(14)27)16-4-5-17(25)23-18(16)26/h1-3,12-13,16,21-22H,4-10H2,(H,23,25,26)/t12-,13-,16?/m0/s1. The summed E-state index contributed by atoms with van der Waals surface area (Å²) in [6.45, 7) is 2.01. The minimum Gasteiger partial charge on any atom is -0.322 e. The summed E-state index contributed by atoms with van der Waals surface area (Å²) in [5, 5.41) is 8.75. The van der Waals surface area contributed by atoms with Crippen molar-refractivity contribution in [2.24, 2.45) is 0 Å². The number of hydrogen-bond acceptors (Lipinski definition) is 5. The Morgan fingerprint density at radius 1 is 1.22 bits per heavy atom. The average Bonchev–Trinajstić information content (AvgIpc) is 2.97. The van der Waals surface area contributed by atoms with Crippen LogP contribution in [0.2, 0.25) is 0 Å². The van der Waals surface area contributed by atoms with Gasteiger partial charge in [-0.1, -0.05) is 12.1 Å². The quantitative estimate of drug-likeness (QED) is 0.657. The normalized spacial score (nSPS) is 28.3. The molecule has 7 nitrogen and oxygen atoms in total. The fourth-order valence-electron chi connectivity index (χ4n) is 4.11. The Labute approximate surface area is 156 Å². The number of hydrogen-bond donors (Lipinski definition) is 3. The number of carbonyl (C=O) groups excluding carboxylic acids is 3. The number of nitrogens with zero attached hydrogens (tertiary/aromatic N) is 1. The predicted octanol–water partition coefficient (Wildman–Crippen LogP) is 0.237. The van der Waals surface area contributed by atoms with Gasteiger partial charge in [-0.25, -0.2) is 4.39 Å². The van der Waals surface area contributed by atoms with Gasteiger partial charge in [-0.05, 0) is 30.0 Å². The third kappa shape index (κ3) is 3.59. The molecule has 0 radical (unpaired) electrons. The molecule has 3 aliphatic heterocycles. The average molecular weight is 374 g/mol. The van der Waals surface area contributed by atoms with Gasteiger partial charge < -0.3 is 15.5 Å². The number of imide groups is 1.